The van der Waals surface area contributed by atoms with Crippen molar-refractivity contribution in [1.82, 2.24) is 9.78 Å². The molecule has 124 valence electrons. The number of anilines is 1. The fourth-order valence-electron chi connectivity index (χ4n) is 2.27. The highest BCUT2D eigenvalue weighted by Gasteiger charge is 2.17. The molecular weight excluding hydrogens is 401 g/mol. The fraction of sp³-hybridized carbons (Fsp3) is 0.375. The van der Waals surface area contributed by atoms with Crippen molar-refractivity contribution in [3.05, 3.63) is 44.5 Å². The smallest absolute Gasteiger partial charge is 0.228 e. The number of halogens is 3. The van der Waals surface area contributed by atoms with Crippen molar-refractivity contribution in [1.29, 1.82) is 0 Å². The van der Waals surface area contributed by atoms with Crippen LogP contribution in [0.3, 0.4) is 0 Å². The van der Waals surface area contributed by atoms with E-state index >= 15 is 0 Å². The van der Waals surface area contributed by atoms with Gasteiger partial charge in [0.15, 0.2) is 5.82 Å². The number of amides is 1. The normalized spacial score (nSPS) is 11.0. The van der Waals surface area contributed by atoms with Crippen LogP contribution in [0.4, 0.5) is 5.82 Å². The van der Waals surface area contributed by atoms with E-state index in [1.54, 1.807) is 16.8 Å². The molecule has 2 rings (SSSR count). The lowest BCUT2D eigenvalue weighted by atomic mass is 10.0. The molecule has 4 nitrogen and oxygen atoms in total. The molecule has 1 heterocycles. The third-order valence-electron chi connectivity index (χ3n) is 3.66. The summed E-state index contributed by atoms with van der Waals surface area (Å²) < 4.78 is 2.46. The number of carbonyl (C=O) groups excluding carboxylic acids is 1. The highest BCUT2D eigenvalue weighted by Crippen LogP contribution is 2.25. The zero-order valence-electron chi connectivity index (χ0n) is 12.9. The van der Waals surface area contributed by atoms with Crippen LogP contribution in [0.5, 0.6) is 0 Å². The highest BCUT2D eigenvalue weighted by molar-refractivity contribution is 9.10. The van der Waals surface area contributed by atoms with Gasteiger partial charge >= 0.3 is 0 Å². The Kier molecular flexibility index (Phi) is 6.50. The molecule has 0 fully saturated rings. The van der Waals surface area contributed by atoms with E-state index in [4.69, 9.17) is 23.2 Å². The molecule has 0 saturated heterocycles. The summed E-state index contributed by atoms with van der Waals surface area (Å²) in [6.45, 7) is 4.50. The number of hydrogen-bond acceptors (Lipinski definition) is 2. The minimum absolute atomic E-state index is 0.00207. The Morgan fingerprint density at radius 1 is 1.35 bits per heavy atom. The standard InChI is InChI=1S/C16H18BrCl2N3O/c1-3-10(4-2)16(23)20-15-13(17)9-22(21-15)8-11-5-6-12(18)7-14(11)19/h5-7,9-10H,3-4,8H2,1-2H3,(H,20,21,23). The second-order valence-corrected chi connectivity index (χ2v) is 6.96. The van der Waals surface area contributed by atoms with Crippen molar-refractivity contribution >= 4 is 50.9 Å². The lowest BCUT2D eigenvalue weighted by Crippen LogP contribution is -2.22. The number of nitrogens with one attached hydrogen (secondary N) is 1. The van der Waals surface area contributed by atoms with Crippen LogP contribution >= 0.6 is 39.1 Å². The van der Waals surface area contributed by atoms with E-state index in [9.17, 15) is 4.79 Å². The maximum Gasteiger partial charge on any atom is 0.228 e. The van der Waals surface area contributed by atoms with Crippen LogP contribution in [0.25, 0.3) is 0 Å². The Morgan fingerprint density at radius 3 is 2.65 bits per heavy atom. The first-order chi connectivity index (χ1) is 10.9. The molecule has 0 aliphatic rings. The molecule has 0 unspecified atom stereocenters. The second-order valence-electron chi connectivity index (χ2n) is 5.26. The van der Waals surface area contributed by atoms with Crippen molar-refractivity contribution in [2.75, 3.05) is 5.32 Å². The van der Waals surface area contributed by atoms with Crippen LogP contribution in [0.15, 0.2) is 28.9 Å². The summed E-state index contributed by atoms with van der Waals surface area (Å²) >= 11 is 15.5. The Morgan fingerprint density at radius 2 is 2.04 bits per heavy atom. The molecule has 23 heavy (non-hydrogen) atoms. The largest absolute Gasteiger partial charge is 0.308 e. The monoisotopic (exact) mass is 417 g/mol. The molecule has 0 atom stereocenters. The molecule has 1 N–H and O–H groups in total. The summed E-state index contributed by atoms with van der Waals surface area (Å²) in [4.78, 5) is 12.2. The van der Waals surface area contributed by atoms with Crippen molar-refractivity contribution in [2.24, 2.45) is 5.92 Å². The van der Waals surface area contributed by atoms with Gasteiger partial charge in [0, 0.05) is 22.2 Å². The van der Waals surface area contributed by atoms with Crippen molar-refractivity contribution < 1.29 is 4.79 Å². The summed E-state index contributed by atoms with van der Waals surface area (Å²) in [5.41, 5.74) is 0.906. The molecule has 2 aromatic rings. The van der Waals surface area contributed by atoms with Gasteiger partial charge in [0.2, 0.25) is 5.91 Å². The van der Waals surface area contributed by atoms with Crippen molar-refractivity contribution in [3.8, 4) is 0 Å². The van der Waals surface area contributed by atoms with Gasteiger partial charge in [0.25, 0.3) is 0 Å². The zero-order valence-corrected chi connectivity index (χ0v) is 16.0. The number of hydrogen-bond donors (Lipinski definition) is 1. The van der Waals surface area contributed by atoms with E-state index in [-0.39, 0.29) is 11.8 Å². The van der Waals surface area contributed by atoms with E-state index in [1.807, 2.05) is 26.1 Å². The molecule has 0 spiro atoms. The molecule has 0 radical (unpaired) electrons. The average molecular weight is 419 g/mol. The predicted molar refractivity (Wildman–Crippen MR) is 98.2 cm³/mol. The Labute approximate surface area is 154 Å². The van der Waals surface area contributed by atoms with Crippen molar-refractivity contribution in [2.45, 2.75) is 33.2 Å². The van der Waals surface area contributed by atoms with E-state index in [0.29, 0.717) is 22.4 Å². The van der Waals surface area contributed by atoms with E-state index in [2.05, 4.69) is 26.3 Å². The SMILES string of the molecule is CCC(CC)C(=O)Nc1nn(Cc2ccc(Cl)cc2Cl)cc1Br. The van der Waals surface area contributed by atoms with Crippen LogP contribution in [0, 0.1) is 5.92 Å². The number of aromatic nitrogens is 2. The van der Waals surface area contributed by atoms with Crippen LogP contribution < -0.4 is 5.32 Å². The van der Waals surface area contributed by atoms with Crippen LogP contribution in [0.2, 0.25) is 10.0 Å². The molecule has 1 aromatic carbocycles. The molecule has 1 amide bonds. The summed E-state index contributed by atoms with van der Waals surface area (Å²) in [5, 5.41) is 8.46. The van der Waals surface area contributed by atoms with Gasteiger partial charge in [-0.25, -0.2) is 0 Å². The third-order valence-corrected chi connectivity index (χ3v) is 4.83. The lowest BCUT2D eigenvalue weighted by molar-refractivity contribution is -0.120. The Hall–Kier alpha value is -1.04. The minimum Gasteiger partial charge on any atom is -0.308 e. The van der Waals surface area contributed by atoms with Crippen LogP contribution in [-0.2, 0) is 11.3 Å². The van der Waals surface area contributed by atoms with Crippen LogP contribution in [0.1, 0.15) is 32.3 Å². The molecular formula is C16H18BrCl2N3O. The van der Waals surface area contributed by atoms with E-state index < -0.39 is 0 Å². The first kappa shape index (κ1) is 18.3. The van der Waals surface area contributed by atoms with Gasteiger partial charge in [0.1, 0.15) is 0 Å². The predicted octanol–water partition coefficient (Wildman–Crippen LogP) is 5.38. The number of nitrogens with zero attached hydrogens (tertiary/aromatic N) is 2. The maximum absolute atomic E-state index is 12.2. The summed E-state index contributed by atoms with van der Waals surface area (Å²) in [5.74, 6) is 0.509. The molecule has 0 aliphatic carbocycles. The van der Waals surface area contributed by atoms with Gasteiger partial charge in [-0.15, -0.1) is 0 Å². The fourth-order valence-corrected chi connectivity index (χ4v) is 3.15. The maximum atomic E-state index is 12.2. The minimum atomic E-state index is -0.00882. The highest BCUT2D eigenvalue weighted by atomic mass is 79.9. The van der Waals surface area contributed by atoms with Gasteiger partial charge in [-0.1, -0.05) is 43.1 Å². The Bertz CT molecular complexity index is 699. The molecule has 1 aromatic heterocycles. The quantitative estimate of drug-likeness (QED) is 0.684. The zero-order chi connectivity index (χ0) is 17.0. The number of carbonyl (C=O) groups is 1. The lowest BCUT2D eigenvalue weighted by Gasteiger charge is -2.11. The van der Waals surface area contributed by atoms with E-state index in [0.717, 1.165) is 22.9 Å². The summed E-state index contributed by atoms with van der Waals surface area (Å²) in [7, 11) is 0. The second kappa shape index (κ2) is 8.18. The number of rotatable bonds is 6. The van der Waals surface area contributed by atoms with Gasteiger partial charge < -0.3 is 5.32 Å². The molecule has 0 bridgehead atoms. The van der Waals surface area contributed by atoms with Crippen molar-refractivity contribution in [3.63, 3.8) is 0 Å². The molecule has 7 heteroatoms. The van der Waals surface area contributed by atoms with Crippen LogP contribution in [-0.4, -0.2) is 15.7 Å². The number of benzene rings is 1. The van der Waals surface area contributed by atoms with Gasteiger partial charge in [0.05, 0.1) is 11.0 Å². The van der Waals surface area contributed by atoms with Gasteiger partial charge in [-0.2, -0.15) is 5.10 Å². The molecule has 0 aliphatic heterocycles. The first-order valence-corrected chi connectivity index (χ1v) is 8.97. The Balaban J connectivity index is 2.13. The van der Waals surface area contributed by atoms with E-state index in [1.165, 1.54) is 0 Å². The molecule has 0 saturated carbocycles. The first-order valence-electron chi connectivity index (χ1n) is 7.42. The van der Waals surface area contributed by atoms with Gasteiger partial charge in [-0.05, 0) is 46.5 Å². The average Bonchev–Trinajstić information content (AvgIpc) is 2.83. The summed E-state index contributed by atoms with van der Waals surface area (Å²) in [6.07, 6.45) is 3.43. The summed E-state index contributed by atoms with van der Waals surface area (Å²) in [6, 6.07) is 5.35. The topological polar surface area (TPSA) is 46.9 Å². The third kappa shape index (κ3) is 4.72. The van der Waals surface area contributed by atoms with Gasteiger partial charge in [-0.3, -0.25) is 9.48 Å².